The van der Waals surface area contributed by atoms with Crippen LogP contribution < -0.4 is 5.32 Å². The van der Waals surface area contributed by atoms with Gasteiger partial charge in [-0.3, -0.25) is 9.48 Å². The zero-order chi connectivity index (χ0) is 12.1. The molecule has 0 aliphatic rings. The Labute approximate surface area is 99.4 Å². The molecule has 0 aromatic carbocycles. The fraction of sp³-hybridized carbons (Fsp3) is 0.333. The van der Waals surface area contributed by atoms with Crippen molar-refractivity contribution in [2.75, 3.05) is 6.54 Å². The van der Waals surface area contributed by atoms with Crippen molar-refractivity contribution in [3.8, 4) is 0 Å². The van der Waals surface area contributed by atoms with Gasteiger partial charge in [0.25, 0.3) is 5.91 Å². The fourth-order valence-electron chi connectivity index (χ4n) is 1.52. The summed E-state index contributed by atoms with van der Waals surface area (Å²) in [5, 5.41) is 6.88. The molecule has 5 heteroatoms. The van der Waals surface area contributed by atoms with Crippen molar-refractivity contribution in [1.82, 2.24) is 15.1 Å². The molecule has 0 fully saturated rings. The molecule has 0 aliphatic carbocycles. The van der Waals surface area contributed by atoms with Crippen LogP contribution in [0.25, 0.3) is 0 Å². The predicted molar refractivity (Wildman–Crippen MR) is 62.6 cm³/mol. The van der Waals surface area contributed by atoms with Gasteiger partial charge in [-0.25, -0.2) is 0 Å². The van der Waals surface area contributed by atoms with E-state index >= 15 is 0 Å². The average Bonchev–Trinajstić information content (AvgIpc) is 2.95. The Hall–Kier alpha value is -2.04. The first-order chi connectivity index (χ1) is 8.25. The lowest BCUT2D eigenvalue weighted by molar-refractivity contribution is 0.0923. The summed E-state index contributed by atoms with van der Waals surface area (Å²) in [7, 11) is 0. The molecule has 2 heterocycles. The van der Waals surface area contributed by atoms with Crippen LogP contribution >= 0.6 is 0 Å². The zero-order valence-corrected chi connectivity index (χ0v) is 9.72. The molecule has 0 radical (unpaired) electrons. The number of aryl methyl sites for hydroxylation is 2. The van der Waals surface area contributed by atoms with Crippen LogP contribution in [0.4, 0.5) is 0 Å². The highest BCUT2D eigenvalue weighted by molar-refractivity contribution is 5.91. The van der Waals surface area contributed by atoms with Crippen molar-refractivity contribution in [2.24, 2.45) is 0 Å². The van der Waals surface area contributed by atoms with Gasteiger partial charge in [0.2, 0.25) is 0 Å². The molecule has 90 valence electrons. The summed E-state index contributed by atoms with van der Waals surface area (Å²) in [6.07, 6.45) is 4.48. The van der Waals surface area contributed by atoms with Crippen LogP contribution in [0.2, 0.25) is 0 Å². The van der Waals surface area contributed by atoms with E-state index in [4.69, 9.17) is 4.42 Å². The highest BCUT2D eigenvalue weighted by Crippen LogP contribution is 2.05. The Morgan fingerprint density at radius 1 is 1.53 bits per heavy atom. The third-order valence-corrected chi connectivity index (χ3v) is 2.37. The first kappa shape index (κ1) is 11.4. The molecule has 0 spiro atoms. The van der Waals surface area contributed by atoms with E-state index in [0.717, 1.165) is 18.7 Å². The molecule has 1 N–H and O–H groups in total. The maximum Gasteiger partial charge on any atom is 0.286 e. The molecule has 17 heavy (non-hydrogen) atoms. The molecule has 0 saturated heterocycles. The van der Waals surface area contributed by atoms with Gasteiger partial charge in [0.15, 0.2) is 5.76 Å². The number of hydrogen-bond acceptors (Lipinski definition) is 3. The van der Waals surface area contributed by atoms with E-state index in [1.54, 1.807) is 18.3 Å². The number of rotatable bonds is 5. The van der Waals surface area contributed by atoms with Crippen LogP contribution in [-0.2, 0) is 6.54 Å². The normalized spacial score (nSPS) is 10.4. The van der Waals surface area contributed by atoms with Gasteiger partial charge in [0.05, 0.1) is 0 Å². The van der Waals surface area contributed by atoms with Crippen LogP contribution in [0.1, 0.15) is 22.7 Å². The van der Waals surface area contributed by atoms with Gasteiger partial charge in [-0.05, 0) is 31.5 Å². The van der Waals surface area contributed by atoms with E-state index in [-0.39, 0.29) is 5.91 Å². The van der Waals surface area contributed by atoms with Gasteiger partial charge in [0.1, 0.15) is 5.76 Å². The Balaban J connectivity index is 1.70. The largest absolute Gasteiger partial charge is 0.456 e. The number of amides is 1. The van der Waals surface area contributed by atoms with Gasteiger partial charge in [-0.15, -0.1) is 0 Å². The van der Waals surface area contributed by atoms with Crippen LogP contribution in [0.15, 0.2) is 35.0 Å². The van der Waals surface area contributed by atoms with Gasteiger partial charge < -0.3 is 9.73 Å². The van der Waals surface area contributed by atoms with Crippen LogP contribution in [0, 0.1) is 6.92 Å². The molecule has 0 saturated carbocycles. The summed E-state index contributed by atoms with van der Waals surface area (Å²) < 4.78 is 7.06. The van der Waals surface area contributed by atoms with E-state index in [2.05, 4.69) is 10.4 Å². The Morgan fingerprint density at radius 3 is 3.06 bits per heavy atom. The first-order valence-corrected chi connectivity index (χ1v) is 5.58. The molecule has 0 bridgehead atoms. The molecule has 0 unspecified atom stereocenters. The Kier molecular flexibility index (Phi) is 3.59. The number of aromatic nitrogens is 2. The second-order valence-electron chi connectivity index (χ2n) is 3.79. The quantitative estimate of drug-likeness (QED) is 0.798. The van der Waals surface area contributed by atoms with Crippen LogP contribution in [0.3, 0.4) is 0 Å². The summed E-state index contributed by atoms with van der Waals surface area (Å²) in [6, 6.07) is 5.33. The molecule has 0 aliphatic heterocycles. The van der Waals surface area contributed by atoms with Crippen molar-refractivity contribution in [2.45, 2.75) is 19.9 Å². The third-order valence-electron chi connectivity index (χ3n) is 2.37. The lowest BCUT2D eigenvalue weighted by Crippen LogP contribution is -2.24. The van der Waals surface area contributed by atoms with Crippen molar-refractivity contribution in [3.05, 3.63) is 42.1 Å². The predicted octanol–water partition coefficient (Wildman–Crippen LogP) is 1.60. The number of furan rings is 1. The summed E-state index contributed by atoms with van der Waals surface area (Å²) in [6.45, 7) is 3.22. The molecule has 2 rings (SSSR count). The summed E-state index contributed by atoms with van der Waals surface area (Å²) in [5.74, 6) is 0.937. The van der Waals surface area contributed by atoms with Gasteiger partial charge in [-0.2, -0.15) is 5.10 Å². The average molecular weight is 233 g/mol. The van der Waals surface area contributed by atoms with Crippen LogP contribution in [0.5, 0.6) is 0 Å². The van der Waals surface area contributed by atoms with Gasteiger partial charge in [0, 0.05) is 25.5 Å². The number of hydrogen-bond donors (Lipinski definition) is 1. The van der Waals surface area contributed by atoms with Crippen molar-refractivity contribution >= 4 is 5.91 Å². The molecule has 0 atom stereocenters. The Morgan fingerprint density at radius 2 is 2.41 bits per heavy atom. The maximum absolute atomic E-state index is 11.6. The van der Waals surface area contributed by atoms with E-state index in [0.29, 0.717) is 12.3 Å². The first-order valence-electron chi connectivity index (χ1n) is 5.58. The molecular formula is C12H15N3O2. The minimum Gasteiger partial charge on any atom is -0.456 e. The Bertz CT molecular complexity index is 474. The third kappa shape index (κ3) is 3.21. The zero-order valence-electron chi connectivity index (χ0n) is 9.72. The van der Waals surface area contributed by atoms with Gasteiger partial charge >= 0.3 is 0 Å². The summed E-state index contributed by atoms with van der Waals surface area (Å²) in [4.78, 5) is 11.6. The van der Waals surface area contributed by atoms with Gasteiger partial charge in [-0.1, -0.05) is 0 Å². The maximum atomic E-state index is 11.6. The smallest absolute Gasteiger partial charge is 0.286 e. The summed E-state index contributed by atoms with van der Waals surface area (Å²) >= 11 is 0. The number of nitrogens with one attached hydrogen (secondary N) is 1. The molecule has 2 aromatic rings. The summed E-state index contributed by atoms with van der Waals surface area (Å²) in [5.41, 5.74) is 0. The molecule has 2 aromatic heterocycles. The van der Waals surface area contributed by atoms with Crippen molar-refractivity contribution < 1.29 is 9.21 Å². The number of carbonyl (C=O) groups is 1. The second kappa shape index (κ2) is 5.34. The standard InChI is InChI=1S/C12H15N3O2/c1-10-4-5-11(17-10)12(16)13-6-2-8-15-9-3-7-14-15/h3-5,7,9H,2,6,8H2,1H3,(H,13,16). The minimum absolute atomic E-state index is 0.168. The molecule has 5 nitrogen and oxygen atoms in total. The highest BCUT2D eigenvalue weighted by atomic mass is 16.3. The monoisotopic (exact) mass is 233 g/mol. The molecular weight excluding hydrogens is 218 g/mol. The van der Waals surface area contributed by atoms with E-state index < -0.39 is 0 Å². The van der Waals surface area contributed by atoms with E-state index in [1.165, 1.54) is 0 Å². The van der Waals surface area contributed by atoms with E-state index in [9.17, 15) is 4.79 Å². The topological polar surface area (TPSA) is 60.1 Å². The minimum atomic E-state index is -0.168. The molecule has 1 amide bonds. The van der Waals surface area contributed by atoms with Crippen molar-refractivity contribution in [3.63, 3.8) is 0 Å². The second-order valence-corrected chi connectivity index (χ2v) is 3.79. The lowest BCUT2D eigenvalue weighted by atomic mass is 10.4. The SMILES string of the molecule is Cc1ccc(C(=O)NCCCn2cccn2)o1. The van der Waals surface area contributed by atoms with Crippen LogP contribution in [-0.4, -0.2) is 22.2 Å². The van der Waals surface area contributed by atoms with E-state index in [1.807, 2.05) is 23.9 Å². The number of nitrogens with zero attached hydrogens (tertiary/aromatic N) is 2. The fourth-order valence-corrected chi connectivity index (χ4v) is 1.52. The van der Waals surface area contributed by atoms with Crippen molar-refractivity contribution in [1.29, 1.82) is 0 Å². The highest BCUT2D eigenvalue weighted by Gasteiger charge is 2.08. The number of carbonyl (C=O) groups excluding carboxylic acids is 1. The lowest BCUT2D eigenvalue weighted by Gasteiger charge is -2.03.